The van der Waals surface area contributed by atoms with Crippen LogP contribution in [0.15, 0.2) is 18.3 Å². The van der Waals surface area contributed by atoms with Crippen LogP contribution < -0.4 is 10.6 Å². The van der Waals surface area contributed by atoms with Crippen LogP contribution in [0.25, 0.3) is 0 Å². The number of aromatic nitrogens is 1. The molecule has 2 heterocycles. The molecule has 2 aliphatic rings. The third kappa shape index (κ3) is 1.61. The molecule has 0 atom stereocenters. The molecule has 3 nitrogen and oxygen atoms in total. The van der Waals surface area contributed by atoms with Crippen molar-refractivity contribution < 1.29 is 0 Å². The van der Waals surface area contributed by atoms with Crippen molar-refractivity contribution in [2.24, 2.45) is 5.73 Å². The van der Waals surface area contributed by atoms with E-state index >= 15 is 0 Å². The summed E-state index contributed by atoms with van der Waals surface area (Å²) in [5, 5.41) is 0. The summed E-state index contributed by atoms with van der Waals surface area (Å²) in [6, 6.07) is 4.27. The molecule has 0 amide bonds. The Labute approximate surface area is 90.3 Å². The Morgan fingerprint density at radius 3 is 2.47 bits per heavy atom. The van der Waals surface area contributed by atoms with Gasteiger partial charge in [0.15, 0.2) is 0 Å². The maximum Gasteiger partial charge on any atom is 0.128 e. The smallest absolute Gasteiger partial charge is 0.128 e. The monoisotopic (exact) mass is 203 g/mol. The molecule has 2 N–H and O–H groups in total. The van der Waals surface area contributed by atoms with Crippen LogP contribution in [0.1, 0.15) is 31.2 Å². The van der Waals surface area contributed by atoms with E-state index in [2.05, 4.69) is 22.0 Å². The van der Waals surface area contributed by atoms with Crippen molar-refractivity contribution in [2.75, 3.05) is 18.0 Å². The van der Waals surface area contributed by atoms with Crippen molar-refractivity contribution in [3.8, 4) is 0 Å². The zero-order chi connectivity index (χ0) is 10.3. The summed E-state index contributed by atoms with van der Waals surface area (Å²) in [4.78, 5) is 6.86. The zero-order valence-electron chi connectivity index (χ0n) is 8.95. The highest BCUT2D eigenvalue weighted by Crippen LogP contribution is 2.42. The lowest BCUT2D eigenvalue weighted by atomic mass is 10.1. The van der Waals surface area contributed by atoms with Crippen molar-refractivity contribution in [1.29, 1.82) is 0 Å². The van der Waals surface area contributed by atoms with E-state index in [4.69, 9.17) is 5.73 Å². The molecule has 0 unspecified atom stereocenters. The van der Waals surface area contributed by atoms with E-state index in [1.807, 2.05) is 6.20 Å². The molecule has 1 aliphatic heterocycles. The highest BCUT2D eigenvalue weighted by molar-refractivity contribution is 5.42. The van der Waals surface area contributed by atoms with Crippen LogP contribution in [0.3, 0.4) is 0 Å². The average Bonchev–Trinajstić information content (AvgIpc) is 2.84. The molecule has 0 spiro atoms. The van der Waals surface area contributed by atoms with E-state index in [9.17, 15) is 0 Å². The Kier molecular flexibility index (Phi) is 1.96. The summed E-state index contributed by atoms with van der Waals surface area (Å²) in [5.74, 6) is 1.11. The topological polar surface area (TPSA) is 42.1 Å². The molecule has 1 saturated heterocycles. The number of nitrogens with zero attached hydrogens (tertiary/aromatic N) is 2. The van der Waals surface area contributed by atoms with Gasteiger partial charge in [0, 0.05) is 24.8 Å². The third-order valence-corrected chi connectivity index (χ3v) is 3.54. The number of rotatable bonds is 2. The van der Waals surface area contributed by atoms with E-state index in [0.29, 0.717) is 0 Å². The molecule has 1 aromatic heterocycles. The van der Waals surface area contributed by atoms with Crippen LogP contribution in [0.4, 0.5) is 5.82 Å². The van der Waals surface area contributed by atoms with Gasteiger partial charge in [-0.05, 0) is 37.3 Å². The van der Waals surface area contributed by atoms with Crippen molar-refractivity contribution in [3.05, 3.63) is 23.9 Å². The molecule has 1 aliphatic carbocycles. The first-order valence-corrected chi connectivity index (χ1v) is 5.78. The van der Waals surface area contributed by atoms with Gasteiger partial charge in [0.25, 0.3) is 0 Å². The lowest BCUT2D eigenvalue weighted by Crippen LogP contribution is -2.21. The van der Waals surface area contributed by atoms with Gasteiger partial charge in [-0.1, -0.05) is 6.07 Å². The van der Waals surface area contributed by atoms with Crippen LogP contribution in [0.2, 0.25) is 0 Å². The van der Waals surface area contributed by atoms with Gasteiger partial charge in [-0.3, -0.25) is 0 Å². The average molecular weight is 203 g/mol. The van der Waals surface area contributed by atoms with Crippen LogP contribution in [0, 0.1) is 0 Å². The predicted octanol–water partition coefficient (Wildman–Crippen LogP) is 1.63. The molecule has 15 heavy (non-hydrogen) atoms. The molecule has 0 aromatic carbocycles. The lowest BCUT2D eigenvalue weighted by molar-refractivity contribution is 0.734. The highest BCUT2D eigenvalue weighted by Gasteiger charge is 2.40. The fourth-order valence-corrected chi connectivity index (χ4v) is 2.24. The second-order valence-corrected chi connectivity index (χ2v) is 4.76. The molecule has 1 aromatic rings. The number of hydrogen-bond donors (Lipinski definition) is 1. The summed E-state index contributed by atoms with van der Waals surface area (Å²) >= 11 is 0. The molecule has 80 valence electrons. The second-order valence-electron chi connectivity index (χ2n) is 4.76. The Morgan fingerprint density at radius 2 is 1.93 bits per heavy atom. The summed E-state index contributed by atoms with van der Waals surface area (Å²) in [7, 11) is 0. The molecule has 0 bridgehead atoms. The van der Waals surface area contributed by atoms with Crippen LogP contribution in [-0.2, 0) is 5.54 Å². The van der Waals surface area contributed by atoms with Gasteiger partial charge in [-0.25, -0.2) is 4.98 Å². The normalized spacial score (nSPS) is 23.1. The van der Waals surface area contributed by atoms with E-state index in [0.717, 1.165) is 31.7 Å². The van der Waals surface area contributed by atoms with Gasteiger partial charge >= 0.3 is 0 Å². The first kappa shape index (κ1) is 9.16. The van der Waals surface area contributed by atoms with Crippen molar-refractivity contribution in [2.45, 2.75) is 31.2 Å². The lowest BCUT2D eigenvalue weighted by Gasteiger charge is -2.17. The highest BCUT2D eigenvalue weighted by atomic mass is 15.2. The Hall–Kier alpha value is -1.09. The standard InChI is InChI=1S/C12H17N3/c13-12(5-6-12)10-3-4-11(14-9-10)15-7-1-2-8-15/h3-4,9H,1-2,5-8,13H2. The van der Waals surface area contributed by atoms with E-state index in [-0.39, 0.29) is 5.54 Å². The maximum atomic E-state index is 6.12. The van der Waals surface area contributed by atoms with Gasteiger partial charge in [-0.2, -0.15) is 0 Å². The van der Waals surface area contributed by atoms with Gasteiger partial charge in [0.1, 0.15) is 5.82 Å². The van der Waals surface area contributed by atoms with Crippen LogP contribution in [0.5, 0.6) is 0 Å². The summed E-state index contributed by atoms with van der Waals surface area (Å²) in [6.07, 6.45) is 6.77. The summed E-state index contributed by atoms with van der Waals surface area (Å²) in [6.45, 7) is 2.31. The Bertz CT molecular complexity index is 348. The molecule has 3 rings (SSSR count). The van der Waals surface area contributed by atoms with Gasteiger partial charge < -0.3 is 10.6 Å². The van der Waals surface area contributed by atoms with Crippen LogP contribution in [-0.4, -0.2) is 18.1 Å². The quantitative estimate of drug-likeness (QED) is 0.794. The number of pyridine rings is 1. The minimum atomic E-state index is -0.0451. The van der Waals surface area contributed by atoms with E-state index in [1.165, 1.54) is 18.4 Å². The largest absolute Gasteiger partial charge is 0.357 e. The maximum absolute atomic E-state index is 6.12. The minimum absolute atomic E-state index is 0.0451. The van der Waals surface area contributed by atoms with Crippen molar-refractivity contribution in [1.82, 2.24) is 4.98 Å². The predicted molar refractivity (Wildman–Crippen MR) is 60.8 cm³/mol. The number of nitrogens with two attached hydrogens (primary N) is 1. The molecule has 1 saturated carbocycles. The fraction of sp³-hybridized carbons (Fsp3) is 0.583. The van der Waals surface area contributed by atoms with Crippen molar-refractivity contribution >= 4 is 5.82 Å². The summed E-state index contributed by atoms with van der Waals surface area (Å²) < 4.78 is 0. The third-order valence-electron chi connectivity index (χ3n) is 3.54. The van der Waals surface area contributed by atoms with Crippen molar-refractivity contribution in [3.63, 3.8) is 0 Å². The summed E-state index contributed by atoms with van der Waals surface area (Å²) in [5.41, 5.74) is 7.27. The first-order valence-electron chi connectivity index (χ1n) is 5.78. The fourth-order valence-electron chi connectivity index (χ4n) is 2.24. The van der Waals surface area contributed by atoms with Gasteiger partial charge in [0.05, 0.1) is 0 Å². The molecule has 2 fully saturated rings. The molecular formula is C12H17N3. The first-order chi connectivity index (χ1) is 7.28. The van der Waals surface area contributed by atoms with E-state index in [1.54, 1.807) is 0 Å². The molecule has 3 heteroatoms. The molecule has 0 radical (unpaired) electrons. The number of hydrogen-bond acceptors (Lipinski definition) is 3. The molecular weight excluding hydrogens is 186 g/mol. The SMILES string of the molecule is NC1(c2ccc(N3CCCC3)nc2)CC1. The Balaban J connectivity index is 1.81. The van der Waals surface area contributed by atoms with Gasteiger partial charge in [-0.15, -0.1) is 0 Å². The minimum Gasteiger partial charge on any atom is -0.357 e. The Morgan fingerprint density at radius 1 is 1.20 bits per heavy atom. The zero-order valence-corrected chi connectivity index (χ0v) is 8.95. The van der Waals surface area contributed by atoms with Crippen LogP contribution >= 0.6 is 0 Å². The van der Waals surface area contributed by atoms with E-state index < -0.39 is 0 Å². The van der Waals surface area contributed by atoms with Gasteiger partial charge in [0.2, 0.25) is 0 Å². The second kappa shape index (κ2) is 3.20. The number of anilines is 1.